The van der Waals surface area contributed by atoms with E-state index in [1.165, 1.54) is 0 Å². The van der Waals surface area contributed by atoms with Crippen molar-refractivity contribution >= 4 is 40.0 Å². The summed E-state index contributed by atoms with van der Waals surface area (Å²) < 4.78 is 0. The largest absolute Gasteiger partial charge is 0.387 e. The van der Waals surface area contributed by atoms with E-state index in [9.17, 15) is 14.7 Å². The first-order chi connectivity index (χ1) is 13.1. The number of amides is 2. The van der Waals surface area contributed by atoms with E-state index in [2.05, 4.69) is 10.6 Å². The topological polar surface area (TPSA) is 78.4 Å². The standard InChI is InChI=1S/C21H20N2O3S/c1-27-16-9-5-8-15(12-16)23-21(26)20(25)22-13-19(24)18-11-4-7-14-6-2-3-10-17(14)18/h2-12,19,24H,13H2,1H3,(H,22,25)(H,23,26). The molecule has 138 valence electrons. The molecule has 0 saturated carbocycles. The van der Waals surface area contributed by atoms with Gasteiger partial charge in [0.2, 0.25) is 0 Å². The minimum Gasteiger partial charge on any atom is -0.387 e. The molecular weight excluding hydrogens is 360 g/mol. The lowest BCUT2D eigenvalue weighted by Gasteiger charge is -2.14. The van der Waals surface area contributed by atoms with Crippen LogP contribution in [0.1, 0.15) is 11.7 Å². The smallest absolute Gasteiger partial charge is 0.313 e. The normalized spacial score (nSPS) is 11.8. The Morgan fingerprint density at radius 2 is 1.74 bits per heavy atom. The molecule has 3 rings (SSSR count). The molecule has 0 radical (unpaired) electrons. The van der Waals surface area contributed by atoms with Crippen LogP contribution in [-0.4, -0.2) is 29.7 Å². The second-order valence-corrected chi connectivity index (χ2v) is 6.86. The van der Waals surface area contributed by atoms with Crippen molar-refractivity contribution in [1.29, 1.82) is 0 Å². The van der Waals surface area contributed by atoms with Crippen LogP contribution >= 0.6 is 11.8 Å². The van der Waals surface area contributed by atoms with Crippen molar-refractivity contribution < 1.29 is 14.7 Å². The van der Waals surface area contributed by atoms with Crippen molar-refractivity contribution in [3.05, 3.63) is 72.3 Å². The van der Waals surface area contributed by atoms with Crippen LogP contribution in [0.2, 0.25) is 0 Å². The summed E-state index contributed by atoms with van der Waals surface area (Å²) in [6.45, 7) is -0.0505. The van der Waals surface area contributed by atoms with Gasteiger partial charge in [0.15, 0.2) is 0 Å². The highest BCUT2D eigenvalue weighted by atomic mass is 32.2. The maximum atomic E-state index is 12.1. The Labute approximate surface area is 161 Å². The van der Waals surface area contributed by atoms with E-state index >= 15 is 0 Å². The molecule has 3 aromatic rings. The molecule has 3 aromatic carbocycles. The lowest BCUT2D eigenvalue weighted by molar-refractivity contribution is -0.136. The molecule has 5 nitrogen and oxygen atoms in total. The summed E-state index contributed by atoms with van der Waals surface area (Å²) in [5.74, 6) is -1.55. The summed E-state index contributed by atoms with van der Waals surface area (Å²) in [5.41, 5.74) is 1.26. The Bertz CT molecular complexity index is 969. The summed E-state index contributed by atoms with van der Waals surface area (Å²) in [4.78, 5) is 25.1. The molecule has 0 aliphatic rings. The van der Waals surface area contributed by atoms with Gasteiger partial charge in [-0.05, 0) is 40.8 Å². The molecule has 0 heterocycles. The van der Waals surface area contributed by atoms with E-state index < -0.39 is 17.9 Å². The zero-order chi connectivity index (χ0) is 19.2. The summed E-state index contributed by atoms with van der Waals surface area (Å²) >= 11 is 1.55. The molecule has 6 heteroatoms. The number of fused-ring (bicyclic) bond motifs is 1. The van der Waals surface area contributed by atoms with Crippen molar-refractivity contribution in [2.75, 3.05) is 18.1 Å². The van der Waals surface area contributed by atoms with Gasteiger partial charge in [0.05, 0.1) is 6.10 Å². The first-order valence-electron chi connectivity index (χ1n) is 8.47. The van der Waals surface area contributed by atoms with Crippen LogP contribution < -0.4 is 10.6 Å². The average molecular weight is 380 g/mol. The van der Waals surface area contributed by atoms with E-state index in [0.29, 0.717) is 11.3 Å². The van der Waals surface area contributed by atoms with E-state index in [0.717, 1.165) is 15.7 Å². The fraction of sp³-hybridized carbons (Fsp3) is 0.143. The number of carbonyl (C=O) groups is 2. The number of carbonyl (C=O) groups excluding carboxylic acids is 2. The quantitative estimate of drug-likeness (QED) is 0.469. The molecule has 0 aromatic heterocycles. The van der Waals surface area contributed by atoms with E-state index in [4.69, 9.17) is 0 Å². The van der Waals surface area contributed by atoms with Gasteiger partial charge in [-0.15, -0.1) is 11.8 Å². The number of nitrogens with one attached hydrogen (secondary N) is 2. The first-order valence-corrected chi connectivity index (χ1v) is 9.70. The molecule has 1 unspecified atom stereocenters. The van der Waals surface area contributed by atoms with Crippen LogP contribution in [0.3, 0.4) is 0 Å². The zero-order valence-corrected chi connectivity index (χ0v) is 15.6. The second-order valence-electron chi connectivity index (χ2n) is 5.98. The van der Waals surface area contributed by atoms with Gasteiger partial charge in [-0.2, -0.15) is 0 Å². The van der Waals surface area contributed by atoms with Gasteiger partial charge in [-0.25, -0.2) is 0 Å². The molecule has 0 aliphatic heterocycles. The van der Waals surface area contributed by atoms with Crippen molar-refractivity contribution in [1.82, 2.24) is 5.32 Å². The highest BCUT2D eigenvalue weighted by Crippen LogP contribution is 2.24. The maximum Gasteiger partial charge on any atom is 0.313 e. The van der Waals surface area contributed by atoms with Crippen LogP contribution in [-0.2, 0) is 9.59 Å². The molecule has 27 heavy (non-hydrogen) atoms. The van der Waals surface area contributed by atoms with Gasteiger partial charge in [0.25, 0.3) is 0 Å². The van der Waals surface area contributed by atoms with E-state index in [1.54, 1.807) is 23.9 Å². The third-order valence-electron chi connectivity index (χ3n) is 4.17. The Balaban J connectivity index is 1.61. The fourth-order valence-electron chi connectivity index (χ4n) is 2.81. The van der Waals surface area contributed by atoms with Crippen LogP contribution in [0, 0.1) is 0 Å². The fourth-order valence-corrected chi connectivity index (χ4v) is 3.27. The van der Waals surface area contributed by atoms with Crippen molar-refractivity contribution in [2.45, 2.75) is 11.0 Å². The predicted molar refractivity (Wildman–Crippen MR) is 109 cm³/mol. The van der Waals surface area contributed by atoms with Gasteiger partial charge >= 0.3 is 11.8 Å². The number of hydrogen-bond donors (Lipinski definition) is 3. The van der Waals surface area contributed by atoms with Gasteiger partial charge in [-0.3, -0.25) is 9.59 Å². The highest BCUT2D eigenvalue weighted by Gasteiger charge is 2.17. The second kappa shape index (κ2) is 8.70. The van der Waals surface area contributed by atoms with Crippen molar-refractivity contribution in [3.8, 4) is 0 Å². The molecule has 0 bridgehead atoms. The number of aliphatic hydroxyl groups is 1. The number of anilines is 1. The van der Waals surface area contributed by atoms with Gasteiger partial charge in [-0.1, -0.05) is 48.5 Å². The van der Waals surface area contributed by atoms with E-state index in [-0.39, 0.29) is 6.54 Å². The van der Waals surface area contributed by atoms with Crippen molar-refractivity contribution in [3.63, 3.8) is 0 Å². The SMILES string of the molecule is CSc1cccc(NC(=O)C(=O)NCC(O)c2cccc3ccccc23)c1. The Morgan fingerprint density at radius 3 is 2.56 bits per heavy atom. The Kier molecular flexibility index (Phi) is 6.11. The van der Waals surface area contributed by atoms with Gasteiger partial charge < -0.3 is 15.7 Å². The van der Waals surface area contributed by atoms with Crippen molar-refractivity contribution in [2.24, 2.45) is 0 Å². The molecule has 3 N–H and O–H groups in total. The minimum atomic E-state index is -0.910. The average Bonchev–Trinajstić information content (AvgIpc) is 2.71. The number of rotatable bonds is 5. The highest BCUT2D eigenvalue weighted by molar-refractivity contribution is 7.98. The lowest BCUT2D eigenvalue weighted by atomic mass is 10.0. The molecule has 0 fully saturated rings. The number of thioether (sulfide) groups is 1. The van der Waals surface area contributed by atoms with Crippen LogP contribution in [0.25, 0.3) is 10.8 Å². The number of hydrogen-bond acceptors (Lipinski definition) is 4. The number of aliphatic hydroxyl groups excluding tert-OH is 1. The molecule has 0 aliphatic carbocycles. The van der Waals surface area contributed by atoms with Gasteiger partial charge in [0.1, 0.15) is 0 Å². The number of benzene rings is 3. The summed E-state index contributed by atoms with van der Waals surface area (Å²) in [6.07, 6.45) is 1.02. The van der Waals surface area contributed by atoms with Crippen LogP contribution in [0.4, 0.5) is 5.69 Å². The molecule has 0 spiro atoms. The molecular formula is C21H20N2O3S. The Morgan fingerprint density at radius 1 is 1.00 bits per heavy atom. The first kappa shape index (κ1) is 18.9. The molecule has 0 saturated heterocycles. The molecule has 2 amide bonds. The van der Waals surface area contributed by atoms with Crippen LogP contribution in [0.15, 0.2) is 71.6 Å². The van der Waals surface area contributed by atoms with E-state index in [1.807, 2.05) is 60.9 Å². The van der Waals surface area contributed by atoms with Gasteiger partial charge in [0, 0.05) is 17.1 Å². The minimum absolute atomic E-state index is 0.0505. The third-order valence-corrected chi connectivity index (χ3v) is 4.90. The molecule has 1 atom stereocenters. The lowest BCUT2D eigenvalue weighted by Crippen LogP contribution is -2.37. The summed E-state index contributed by atoms with van der Waals surface area (Å²) in [7, 11) is 0. The predicted octanol–water partition coefficient (Wildman–Crippen LogP) is 3.35. The zero-order valence-electron chi connectivity index (χ0n) is 14.8. The monoisotopic (exact) mass is 380 g/mol. The summed E-state index contributed by atoms with van der Waals surface area (Å²) in [5, 5.41) is 17.4. The summed E-state index contributed by atoms with van der Waals surface area (Å²) in [6, 6.07) is 20.6. The maximum absolute atomic E-state index is 12.1. The van der Waals surface area contributed by atoms with Crippen LogP contribution in [0.5, 0.6) is 0 Å². The third kappa shape index (κ3) is 4.67. The Hall–Kier alpha value is -2.83.